The van der Waals surface area contributed by atoms with Gasteiger partial charge in [-0.15, -0.1) is 0 Å². The van der Waals surface area contributed by atoms with Gasteiger partial charge in [-0.1, -0.05) is 0 Å². The van der Waals surface area contributed by atoms with Crippen molar-refractivity contribution in [2.75, 3.05) is 13.6 Å². The Morgan fingerprint density at radius 2 is 2.15 bits per heavy atom. The standard InChI is InChI=1S/C8H14F2N2O/c1-12(8(13)7(9)10)6(4-11)5-2-3-5/h5-7H,2-4,11H2,1H3. The third-order valence-electron chi connectivity index (χ3n) is 2.44. The zero-order chi connectivity index (χ0) is 10.0. The predicted molar refractivity (Wildman–Crippen MR) is 44.3 cm³/mol. The van der Waals surface area contributed by atoms with Gasteiger partial charge in [0.15, 0.2) is 0 Å². The molecule has 1 aliphatic carbocycles. The van der Waals surface area contributed by atoms with E-state index in [1.54, 1.807) is 0 Å². The molecule has 0 aromatic carbocycles. The lowest BCUT2D eigenvalue weighted by molar-refractivity contribution is -0.143. The number of nitrogens with zero attached hydrogens (tertiary/aromatic N) is 1. The van der Waals surface area contributed by atoms with Crippen molar-refractivity contribution in [3.8, 4) is 0 Å². The van der Waals surface area contributed by atoms with Gasteiger partial charge in [-0.2, -0.15) is 8.78 Å². The molecule has 5 heteroatoms. The molecule has 2 N–H and O–H groups in total. The minimum atomic E-state index is -2.92. The van der Waals surface area contributed by atoms with Gasteiger partial charge in [-0.05, 0) is 18.8 Å². The van der Waals surface area contributed by atoms with Crippen molar-refractivity contribution < 1.29 is 13.6 Å². The number of rotatable bonds is 4. The Labute approximate surface area is 75.9 Å². The van der Waals surface area contributed by atoms with E-state index < -0.39 is 12.3 Å². The molecule has 1 amide bonds. The normalized spacial score (nSPS) is 18.8. The number of halogens is 2. The van der Waals surface area contributed by atoms with Crippen molar-refractivity contribution in [3.63, 3.8) is 0 Å². The summed E-state index contributed by atoms with van der Waals surface area (Å²) in [6.45, 7) is 0.264. The molecule has 0 bridgehead atoms. The van der Waals surface area contributed by atoms with Crippen LogP contribution in [0.2, 0.25) is 0 Å². The first-order chi connectivity index (χ1) is 6.07. The summed E-state index contributed by atoms with van der Waals surface area (Å²) in [7, 11) is 1.39. The molecule has 1 aliphatic rings. The quantitative estimate of drug-likeness (QED) is 0.702. The SMILES string of the molecule is CN(C(=O)C(F)F)C(CN)C1CC1. The summed E-state index contributed by atoms with van der Waals surface area (Å²) in [5, 5.41) is 0. The molecule has 1 rings (SSSR count). The third-order valence-corrected chi connectivity index (χ3v) is 2.44. The predicted octanol–water partition coefficient (Wildman–Crippen LogP) is 0.447. The number of amides is 1. The molecule has 0 radical (unpaired) electrons. The second-order valence-electron chi connectivity index (χ2n) is 3.39. The zero-order valence-electron chi connectivity index (χ0n) is 7.54. The summed E-state index contributed by atoms with van der Waals surface area (Å²) in [6.07, 6.45) is -0.941. The number of nitrogens with two attached hydrogens (primary N) is 1. The molecule has 1 unspecified atom stereocenters. The highest BCUT2D eigenvalue weighted by Crippen LogP contribution is 2.34. The smallest absolute Gasteiger partial charge is 0.315 e. The maximum absolute atomic E-state index is 12.0. The molecular weight excluding hydrogens is 178 g/mol. The van der Waals surface area contributed by atoms with E-state index in [2.05, 4.69) is 0 Å². The number of alkyl halides is 2. The topological polar surface area (TPSA) is 46.3 Å². The highest BCUT2D eigenvalue weighted by Gasteiger charge is 2.36. The van der Waals surface area contributed by atoms with E-state index in [1.165, 1.54) is 7.05 Å². The van der Waals surface area contributed by atoms with Gasteiger partial charge in [0.2, 0.25) is 0 Å². The van der Waals surface area contributed by atoms with E-state index in [0.717, 1.165) is 17.7 Å². The van der Waals surface area contributed by atoms with Crippen LogP contribution in [0, 0.1) is 5.92 Å². The van der Waals surface area contributed by atoms with Crippen LogP contribution in [-0.2, 0) is 4.79 Å². The molecule has 1 saturated carbocycles. The van der Waals surface area contributed by atoms with Gasteiger partial charge in [0.25, 0.3) is 5.91 Å². The molecule has 0 heterocycles. The van der Waals surface area contributed by atoms with Gasteiger partial charge in [-0.25, -0.2) is 0 Å². The van der Waals surface area contributed by atoms with Crippen molar-refractivity contribution in [2.45, 2.75) is 25.3 Å². The van der Waals surface area contributed by atoms with E-state index in [-0.39, 0.29) is 12.6 Å². The molecule has 1 atom stereocenters. The van der Waals surface area contributed by atoms with Gasteiger partial charge in [0.05, 0.1) is 0 Å². The molecule has 0 aromatic heterocycles. The van der Waals surface area contributed by atoms with Crippen molar-refractivity contribution >= 4 is 5.91 Å². The highest BCUT2D eigenvalue weighted by molar-refractivity contribution is 5.79. The third kappa shape index (κ3) is 2.37. The maximum Gasteiger partial charge on any atom is 0.315 e. The summed E-state index contributed by atoms with van der Waals surface area (Å²) in [5.74, 6) is -0.792. The average Bonchev–Trinajstić information content (AvgIpc) is 2.88. The number of hydrogen-bond donors (Lipinski definition) is 1. The minimum absolute atomic E-state index is 0.207. The van der Waals surface area contributed by atoms with E-state index in [0.29, 0.717) is 5.92 Å². The molecular formula is C8H14F2N2O. The lowest BCUT2D eigenvalue weighted by Gasteiger charge is -2.26. The maximum atomic E-state index is 12.0. The molecule has 76 valence electrons. The Hall–Kier alpha value is -0.710. The van der Waals surface area contributed by atoms with Crippen LogP contribution < -0.4 is 5.73 Å². The minimum Gasteiger partial charge on any atom is -0.336 e. The molecule has 0 aliphatic heterocycles. The van der Waals surface area contributed by atoms with E-state index >= 15 is 0 Å². The van der Waals surface area contributed by atoms with Crippen LogP contribution in [0.15, 0.2) is 0 Å². The number of carbonyl (C=O) groups excluding carboxylic acids is 1. The Morgan fingerprint density at radius 3 is 2.46 bits per heavy atom. The monoisotopic (exact) mass is 192 g/mol. The van der Waals surface area contributed by atoms with Gasteiger partial charge in [0, 0.05) is 19.6 Å². The van der Waals surface area contributed by atoms with Crippen LogP contribution in [0.3, 0.4) is 0 Å². The molecule has 1 fully saturated rings. The van der Waals surface area contributed by atoms with Crippen LogP contribution in [0.4, 0.5) is 8.78 Å². The summed E-state index contributed by atoms with van der Waals surface area (Å²) in [5.41, 5.74) is 5.41. The summed E-state index contributed by atoms with van der Waals surface area (Å²) in [4.78, 5) is 12.0. The Balaban J connectivity index is 2.52. The fourth-order valence-electron chi connectivity index (χ4n) is 1.47. The fraction of sp³-hybridized carbons (Fsp3) is 0.875. The van der Waals surface area contributed by atoms with Crippen molar-refractivity contribution in [1.82, 2.24) is 4.90 Å². The van der Waals surface area contributed by atoms with Crippen LogP contribution in [-0.4, -0.2) is 36.9 Å². The molecule has 0 spiro atoms. The van der Waals surface area contributed by atoms with Crippen molar-refractivity contribution in [1.29, 1.82) is 0 Å². The molecule has 3 nitrogen and oxygen atoms in total. The first-order valence-corrected chi connectivity index (χ1v) is 4.32. The first kappa shape index (κ1) is 10.4. The Bertz CT molecular complexity index is 195. The second kappa shape index (κ2) is 4.00. The van der Waals surface area contributed by atoms with Gasteiger partial charge in [0.1, 0.15) is 0 Å². The Morgan fingerprint density at radius 1 is 1.62 bits per heavy atom. The largest absolute Gasteiger partial charge is 0.336 e. The van der Waals surface area contributed by atoms with Crippen molar-refractivity contribution in [2.24, 2.45) is 11.7 Å². The van der Waals surface area contributed by atoms with E-state index in [9.17, 15) is 13.6 Å². The van der Waals surface area contributed by atoms with E-state index in [1.807, 2.05) is 0 Å². The summed E-state index contributed by atoms with van der Waals surface area (Å²) < 4.78 is 24.1. The lowest BCUT2D eigenvalue weighted by atomic mass is 10.1. The van der Waals surface area contributed by atoms with E-state index in [4.69, 9.17) is 5.73 Å². The van der Waals surface area contributed by atoms with Crippen LogP contribution in [0.1, 0.15) is 12.8 Å². The van der Waals surface area contributed by atoms with Crippen LogP contribution >= 0.6 is 0 Å². The number of likely N-dealkylation sites (N-methyl/N-ethyl adjacent to an activating group) is 1. The van der Waals surface area contributed by atoms with Gasteiger partial charge >= 0.3 is 6.43 Å². The fourth-order valence-corrected chi connectivity index (χ4v) is 1.47. The van der Waals surface area contributed by atoms with Gasteiger partial charge in [-0.3, -0.25) is 4.79 Å². The van der Waals surface area contributed by atoms with Crippen LogP contribution in [0.5, 0.6) is 0 Å². The highest BCUT2D eigenvalue weighted by atomic mass is 19.3. The van der Waals surface area contributed by atoms with Crippen molar-refractivity contribution in [3.05, 3.63) is 0 Å². The zero-order valence-corrected chi connectivity index (χ0v) is 7.54. The van der Waals surface area contributed by atoms with Gasteiger partial charge < -0.3 is 10.6 Å². The van der Waals surface area contributed by atoms with Crippen LogP contribution in [0.25, 0.3) is 0 Å². The lowest BCUT2D eigenvalue weighted by Crippen LogP contribution is -2.45. The molecule has 13 heavy (non-hydrogen) atoms. The average molecular weight is 192 g/mol. The molecule has 0 aromatic rings. The first-order valence-electron chi connectivity index (χ1n) is 4.32. The summed E-state index contributed by atoms with van der Waals surface area (Å²) >= 11 is 0. The number of carbonyl (C=O) groups is 1. The molecule has 0 saturated heterocycles. The summed E-state index contributed by atoms with van der Waals surface area (Å²) in [6, 6.07) is -0.207. The number of hydrogen-bond acceptors (Lipinski definition) is 2. The Kier molecular flexibility index (Phi) is 3.19. The second-order valence-corrected chi connectivity index (χ2v) is 3.39.